The molecular weight excluding hydrogens is 250 g/mol. The number of carbonyl (C=O) groups excluding carboxylic acids is 2. The van der Waals surface area contributed by atoms with Gasteiger partial charge in [0.05, 0.1) is 13.2 Å². The van der Waals surface area contributed by atoms with Crippen molar-refractivity contribution in [1.82, 2.24) is 4.90 Å². The van der Waals surface area contributed by atoms with E-state index in [9.17, 15) is 14.7 Å². The lowest BCUT2D eigenvalue weighted by Gasteiger charge is -2.26. The van der Waals surface area contributed by atoms with E-state index in [1.165, 1.54) is 6.92 Å². The smallest absolute Gasteiger partial charge is 0.346 e. The number of esters is 1. The van der Waals surface area contributed by atoms with Crippen LogP contribution in [-0.2, 0) is 19.1 Å². The van der Waals surface area contributed by atoms with Crippen molar-refractivity contribution in [3.8, 4) is 0 Å². The number of carbonyl (C=O) groups is 2. The molecule has 6 nitrogen and oxygen atoms in total. The minimum absolute atomic E-state index is 0.198. The fraction of sp³-hybridized carbons (Fsp3) is 0.692. The molecule has 19 heavy (non-hydrogen) atoms. The van der Waals surface area contributed by atoms with Crippen LogP contribution in [0.25, 0.3) is 0 Å². The molecule has 1 N–H and O–H groups in total. The summed E-state index contributed by atoms with van der Waals surface area (Å²) in [6.07, 6.45) is 0.672. The third-order valence-electron chi connectivity index (χ3n) is 3.41. The highest BCUT2D eigenvalue weighted by Crippen LogP contribution is 2.24. The summed E-state index contributed by atoms with van der Waals surface area (Å²) in [5, 5.41) is 9.81. The Morgan fingerprint density at radius 3 is 2.68 bits per heavy atom. The molecular formula is C13H19NO5. The largest absolute Gasteiger partial charge is 0.507 e. The number of hydrogen-bond donors (Lipinski definition) is 1. The summed E-state index contributed by atoms with van der Waals surface area (Å²) in [5.74, 6) is -1.36. The number of ketones is 1. The number of morpholine rings is 1. The van der Waals surface area contributed by atoms with E-state index in [1.807, 2.05) is 0 Å². The lowest BCUT2D eigenvalue weighted by molar-refractivity contribution is -0.141. The van der Waals surface area contributed by atoms with Crippen LogP contribution in [0.5, 0.6) is 0 Å². The number of hydrogen-bond acceptors (Lipinski definition) is 6. The zero-order chi connectivity index (χ0) is 13.8. The molecule has 0 aromatic heterocycles. The summed E-state index contributed by atoms with van der Waals surface area (Å²) in [6, 6.07) is 0. The summed E-state index contributed by atoms with van der Waals surface area (Å²) in [6.45, 7) is 5.44. The lowest BCUT2D eigenvalue weighted by atomic mass is 10.1. The molecule has 2 heterocycles. The topological polar surface area (TPSA) is 76.1 Å². The fourth-order valence-corrected chi connectivity index (χ4v) is 2.35. The Bertz CT molecular complexity index is 398. The minimum atomic E-state index is -0.707. The lowest BCUT2D eigenvalue weighted by Crippen LogP contribution is -2.37. The third-order valence-corrected chi connectivity index (χ3v) is 3.41. The van der Waals surface area contributed by atoms with Crippen LogP contribution in [-0.4, -0.2) is 60.7 Å². The highest BCUT2D eigenvalue weighted by atomic mass is 16.6. The van der Waals surface area contributed by atoms with Crippen LogP contribution < -0.4 is 0 Å². The molecule has 1 unspecified atom stereocenters. The van der Waals surface area contributed by atoms with Crippen LogP contribution in [0, 0.1) is 0 Å². The van der Waals surface area contributed by atoms with Crippen molar-refractivity contribution in [2.24, 2.45) is 0 Å². The summed E-state index contributed by atoms with van der Waals surface area (Å²) in [4.78, 5) is 24.9. The zero-order valence-corrected chi connectivity index (χ0v) is 11.1. The number of aliphatic hydroxyl groups is 1. The Labute approximate surface area is 112 Å². The predicted molar refractivity (Wildman–Crippen MR) is 66.7 cm³/mol. The molecule has 0 bridgehead atoms. The van der Waals surface area contributed by atoms with E-state index in [0.29, 0.717) is 6.42 Å². The molecule has 2 aliphatic heterocycles. The van der Waals surface area contributed by atoms with E-state index in [-0.39, 0.29) is 11.3 Å². The van der Waals surface area contributed by atoms with Gasteiger partial charge in [-0.05, 0) is 26.3 Å². The van der Waals surface area contributed by atoms with Gasteiger partial charge in [-0.3, -0.25) is 9.69 Å². The molecule has 2 rings (SSSR count). The van der Waals surface area contributed by atoms with Crippen molar-refractivity contribution in [2.45, 2.75) is 25.9 Å². The van der Waals surface area contributed by atoms with Gasteiger partial charge in [-0.1, -0.05) is 0 Å². The predicted octanol–water partition coefficient (Wildman–Crippen LogP) is 0.425. The van der Waals surface area contributed by atoms with Crippen molar-refractivity contribution < 1.29 is 24.2 Å². The van der Waals surface area contributed by atoms with E-state index < -0.39 is 17.9 Å². The zero-order valence-electron chi connectivity index (χ0n) is 11.1. The molecule has 0 saturated carbocycles. The molecule has 2 aliphatic rings. The second kappa shape index (κ2) is 6.16. The number of nitrogens with zero attached hydrogens (tertiary/aromatic N) is 1. The molecule has 0 amide bonds. The molecule has 0 radical (unpaired) electrons. The van der Waals surface area contributed by atoms with Gasteiger partial charge in [-0.2, -0.15) is 0 Å². The molecule has 1 saturated heterocycles. The Morgan fingerprint density at radius 1 is 1.42 bits per heavy atom. The highest BCUT2D eigenvalue weighted by Gasteiger charge is 2.36. The maximum absolute atomic E-state index is 11.4. The van der Waals surface area contributed by atoms with Gasteiger partial charge in [0.15, 0.2) is 17.6 Å². The first-order chi connectivity index (χ1) is 9.09. The van der Waals surface area contributed by atoms with Gasteiger partial charge in [-0.15, -0.1) is 0 Å². The Morgan fingerprint density at radius 2 is 2.11 bits per heavy atom. The van der Waals surface area contributed by atoms with Crippen LogP contribution in [0.3, 0.4) is 0 Å². The van der Waals surface area contributed by atoms with Gasteiger partial charge in [0.25, 0.3) is 0 Å². The second-order valence-corrected chi connectivity index (χ2v) is 4.81. The number of rotatable bonds is 5. The van der Waals surface area contributed by atoms with Gasteiger partial charge < -0.3 is 14.6 Å². The summed E-state index contributed by atoms with van der Waals surface area (Å²) in [7, 11) is 0. The third kappa shape index (κ3) is 3.33. The SMILES string of the molecule is CC(=O)C1=C(O)C(CCCN2CCOCC2)OC1=O. The molecule has 0 aromatic rings. The van der Waals surface area contributed by atoms with Crippen molar-refractivity contribution in [1.29, 1.82) is 0 Å². The maximum atomic E-state index is 11.4. The number of cyclic esters (lactones) is 1. The highest BCUT2D eigenvalue weighted by molar-refractivity contribution is 6.18. The Balaban J connectivity index is 1.80. The summed E-state index contributed by atoms with van der Waals surface area (Å²) >= 11 is 0. The molecule has 0 aliphatic carbocycles. The fourth-order valence-electron chi connectivity index (χ4n) is 2.35. The van der Waals surface area contributed by atoms with Crippen molar-refractivity contribution in [2.75, 3.05) is 32.8 Å². The molecule has 106 valence electrons. The van der Waals surface area contributed by atoms with Crippen molar-refractivity contribution in [3.05, 3.63) is 11.3 Å². The first-order valence-corrected chi connectivity index (χ1v) is 6.54. The summed E-state index contributed by atoms with van der Waals surface area (Å²) in [5.41, 5.74) is -0.198. The Kier molecular flexibility index (Phi) is 4.55. The molecule has 1 fully saturated rings. The quantitative estimate of drug-likeness (QED) is 0.576. The maximum Gasteiger partial charge on any atom is 0.346 e. The molecule has 1 atom stereocenters. The van der Waals surface area contributed by atoms with Crippen molar-refractivity contribution >= 4 is 11.8 Å². The van der Waals surface area contributed by atoms with Gasteiger partial charge >= 0.3 is 5.97 Å². The van der Waals surface area contributed by atoms with Crippen molar-refractivity contribution in [3.63, 3.8) is 0 Å². The Hall–Kier alpha value is -1.40. The number of ether oxygens (including phenoxy) is 2. The average molecular weight is 269 g/mol. The van der Waals surface area contributed by atoms with Crippen LogP contribution in [0.4, 0.5) is 0 Å². The second-order valence-electron chi connectivity index (χ2n) is 4.81. The first kappa shape index (κ1) is 14.0. The van der Waals surface area contributed by atoms with Gasteiger partial charge in [0.2, 0.25) is 0 Å². The average Bonchev–Trinajstić information content (AvgIpc) is 2.66. The van der Waals surface area contributed by atoms with Crippen LogP contribution in [0.15, 0.2) is 11.3 Å². The number of Topliss-reactive ketones (excluding diaryl/α,β-unsaturated/α-hetero) is 1. The number of aliphatic hydroxyl groups excluding tert-OH is 1. The minimum Gasteiger partial charge on any atom is -0.507 e. The van der Waals surface area contributed by atoms with E-state index in [1.54, 1.807) is 0 Å². The van der Waals surface area contributed by atoms with Crippen LogP contribution in [0.1, 0.15) is 19.8 Å². The first-order valence-electron chi connectivity index (χ1n) is 6.54. The van der Waals surface area contributed by atoms with E-state index >= 15 is 0 Å². The molecule has 0 aromatic carbocycles. The molecule has 6 heteroatoms. The van der Waals surface area contributed by atoms with E-state index in [0.717, 1.165) is 39.3 Å². The van der Waals surface area contributed by atoms with Crippen LogP contribution in [0.2, 0.25) is 0 Å². The molecule has 0 spiro atoms. The van der Waals surface area contributed by atoms with E-state index in [4.69, 9.17) is 9.47 Å². The normalized spacial score (nSPS) is 24.7. The van der Waals surface area contributed by atoms with E-state index in [2.05, 4.69) is 4.90 Å². The van der Waals surface area contributed by atoms with Gasteiger partial charge in [-0.25, -0.2) is 4.79 Å². The summed E-state index contributed by atoms with van der Waals surface area (Å²) < 4.78 is 10.3. The monoisotopic (exact) mass is 269 g/mol. The standard InChI is InChI=1S/C13H19NO5/c1-9(15)11-12(16)10(19-13(11)17)3-2-4-14-5-7-18-8-6-14/h10,16H,2-8H2,1H3. The van der Waals surface area contributed by atoms with Crippen LogP contribution >= 0.6 is 0 Å². The van der Waals surface area contributed by atoms with Gasteiger partial charge in [0, 0.05) is 13.1 Å². The van der Waals surface area contributed by atoms with Gasteiger partial charge in [0.1, 0.15) is 5.57 Å².